The summed E-state index contributed by atoms with van der Waals surface area (Å²) in [4.78, 5) is 26.5. The molecule has 0 radical (unpaired) electrons. The van der Waals surface area contributed by atoms with Gasteiger partial charge in [0.25, 0.3) is 5.91 Å². The van der Waals surface area contributed by atoms with Crippen molar-refractivity contribution in [3.8, 4) is 11.1 Å². The van der Waals surface area contributed by atoms with Gasteiger partial charge < -0.3 is 15.4 Å². The summed E-state index contributed by atoms with van der Waals surface area (Å²) in [7, 11) is 1.33. The van der Waals surface area contributed by atoms with Gasteiger partial charge in [-0.1, -0.05) is 36.4 Å². The second kappa shape index (κ2) is 10.8. The summed E-state index contributed by atoms with van der Waals surface area (Å²) >= 11 is 0. The lowest BCUT2D eigenvalue weighted by molar-refractivity contribution is -0.137. The van der Waals surface area contributed by atoms with Crippen LogP contribution in [0.25, 0.3) is 11.1 Å². The van der Waals surface area contributed by atoms with E-state index in [1.165, 1.54) is 19.2 Å². The number of methoxy groups -OCH3 is 1. The third-order valence-corrected chi connectivity index (χ3v) is 6.13. The lowest BCUT2D eigenvalue weighted by Gasteiger charge is -2.29. The van der Waals surface area contributed by atoms with Crippen LogP contribution >= 0.6 is 0 Å². The summed E-state index contributed by atoms with van der Waals surface area (Å²) < 4.78 is 43.4. The maximum atomic E-state index is 13.1. The van der Waals surface area contributed by atoms with Crippen molar-refractivity contribution in [2.45, 2.75) is 19.1 Å². The smallest absolute Gasteiger partial charge is 0.416 e. The van der Waals surface area contributed by atoms with E-state index in [2.05, 4.69) is 20.3 Å². The second-order valence-corrected chi connectivity index (χ2v) is 8.50. The fourth-order valence-electron chi connectivity index (χ4n) is 4.24. The van der Waals surface area contributed by atoms with Gasteiger partial charge in [-0.15, -0.1) is 0 Å². The molecule has 188 valence electrons. The summed E-state index contributed by atoms with van der Waals surface area (Å²) in [5, 5.41) is 5.60. The van der Waals surface area contributed by atoms with E-state index in [1.807, 2.05) is 18.2 Å². The zero-order valence-electron chi connectivity index (χ0n) is 19.7. The summed E-state index contributed by atoms with van der Waals surface area (Å²) in [6.07, 6.45) is -4.06. The van der Waals surface area contributed by atoms with E-state index in [-0.39, 0.29) is 5.91 Å². The number of alkyl halides is 3. The molecule has 4 rings (SSSR count). The largest absolute Gasteiger partial charge is 0.453 e. The molecule has 0 spiro atoms. The average Bonchev–Trinajstić information content (AvgIpc) is 2.88. The summed E-state index contributed by atoms with van der Waals surface area (Å²) in [5.74, 6) is -0.336. The van der Waals surface area contributed by atoms with E-state index in [0.717, 1.165) is 42.8 Å². The number of anilines is 1. The van der Waals surface area contributed by atoms with Crippen LogP contribution in [0, 0.1) is 0 Å². The molecule has 36 heavy (non-hydrogen) atoms. The molecule has 9 heteroatoms. The van der Waals surface area contributed by atoms with Gasteiger partial charge in [-0.3, -0.25) is 9.69 Å². The normalized spacial score (nSPS) is 13.6. The van der Waals surface area contributed by atoms with Gasteiger partial charge in [-0.05, 0) is 59.0 Å². The van der Waals surface area contributed by atoms with Gasteiger partial charge in [-0.25, -0.2) is 4.79 Å². The first-order valence-electron chi connectivity index (χ1n) is 11.5. The van der Waals surface area contributed by atoms with Crippen LogP contribution in [0.5, 0.6) is 0 Å². The molecule has 1 aliphatic rings. The van der Waals surface area contributed by atoms with Crippen molar-refractivity contribution >= 4 is 17.7 Å². The van der Waals surface area contributed by atoms with E-state index in [4.69, 9.17) is 0 Å². The average molecular weight is 498 g/mol. The Kier molecular flexibility index (Phi) is 7.59. The van der Waals surface area contributed by atoms with Crippen LogP contribution < -0.4 is 10.6 Å². The highest BCUT2D eigenvalue weighted by molar-refractivity contribution is 6.08. The fourth-order valence-corrected chi connectivity index (χ4v) is 4.24. The maximum absolute atomic E-state index is 13.1. The number of amides is 2. The summed E-state index contributed by atoms with van der Waals surface area (Å²) in [5.41, 5.74) is 3.67. The van der Waals surface area contributed by atoms with Crippen molar-refractivity contribution in [3.05, 3.63) is 89.0 Å². The standard InChI is InChI=1S/C27H26F3N3O3/c1-36-26(35)31-13-15-33-14-12-19-16-22(11-8-20(19)17-33)32-25(34)24-5-3-2-4-23(24)18-6-9-21(10-7-18)27(28,29)30/h2-11,16H,12-15,17H2,1H3,(H,31,35)(H,32,34). The van der Waals surface area contributed by atoms with Gasteiger partial charge in [0, 0.05) is 37.4 Å². The number of rotatable bonds is 6. The quantitative estimate of drug-likeness (QED) is 0.483. The molecule has 0 unspecified atom stereocenters. The first-order valence-corrected chi connectivity index (χ1v) is 11.5. The molecule has 0 saturated heterocycles. The number of carbonyl (C=O) groups excluding carboxylic acids is 2. The zero-order chi connectivity index (χ0) is 25.7. The zero-order valence-corrected chi connectivity index (χ0v) is 19.7. The molecular weight excluding hydrogens is 471 g/mol. The van der Waals surface area contributed by atoms with Gasteiger partial charge >= 0.3 is 12.3 Å². The first-order chi connectivity index (χ1) is 17.2. The molecular formula is C27H26F3N3O3. The molecule has 2 N–H and O–H groups in total. The van der Waals surface area contributed by atoms with Crippen molar-refractivity contribution in [1.29, 1.82) is 0 Å². The highest BCUT2D eigenvalue weighted by atomic mass is 19.4. The number of nitrogens with zero attached hydrogens (tertiary/aromatic N) is 1. The Bertz CT molecular complexity index is 1240. The minimum atomic E-state index is -4.42. The lowest BCUT2D eigenvalue weighted by Crippen LogP contribution is -2.37. The molecule has 6 nitrogen and oxygen atoms in total. The number of alkyl carbamates (subject to hydrolysis) is 1. The third-order valence-electron chi connectivity index (χ3n) is 6.13. The lowest BCUT2D eigenvalue weighted by atomic mass is 9.97. The Morgan fingerprint density at radius 3 is 2.47 bits per heavy atom. The topological polar surface area (TPSA) is 70.7 Å². The van der Waals surface area contributed by atoms with Crippen LogP contribution in [0.3, 0.4) is 0 Å². The molecule has 0 aliphatic carbocycles. The van der Waals surface area contributed by atoms with Crippen LogP contribution in [0.15, 0.2) is 66.7 Å². The van der Waals surface area contributed by atoms with Crippen molar-refractivity contribution in [2.75, 3.05) is 32.1 Å². The highest BCUT2D eigenvalue weighted by Gasteiger charge is 2.30. The van der Waals surface area contributed by atoms with Gasteiger partial charge in [-0.2, -0.15) is 13.2 Å². The van der Waals surface area contributed by atoms with Gasteiger partial charge in [0.05, 0.1) is 12.7 Å². The predicted molar refractivity (Wildman–Crippen MR) is 131 cm³/mol. The van der Waals surface area contributed by atoms with Gasteiger partial charge in [0.2, 0.25) is 0 Å². The minimum absolute atomic E-state index is 0.336. The highest BCUT2D eigenvalue weighted by Crippen LogP contribution is 2.32. The SMILES string of the molecule is COC(=O)NCCN1CCc2cc(NC(=O)c3ccccc3-c3ccc(C(F)(F)F)cc3)ccc2C1. The molecule has 3 aromatic rings. The summed E-state index contributed by atoms with van der Waals surface area (Å²) in [6.45, 7) is 2.76. The molecule has 0 fully saturated rings. The number of halogens is 3. The predicted octanol–water partition coefficient (Wildman–Crippen LogP) is 5.34. The second-order valence-electron chi connectivity index (χ2n) is 8.50. The summed E-state index contributed by atoms with van der Waals surface area (Å²) in [6, 6.07) is 17.4. The molecule has 1 heterocycles. The number of benzene rings is 3. The van der Waals surface area contributed by atoms with E-state index < -0.39 is 17.8 Å². The molecule has 0 atom stereocenters. The van der Waals surface area contributed by atoms with E-state index in [9.17, 15) is 22.8 Å². The fraction of sp³-hybridized carbons (Fsp3) is 0.259. The number of hydrogen-bond acceptors (Lipinski definition) is 4. The molecule has 3 aromatic carbocycles. The van der Waals surface area contributed by atoms with Crippen molar-refractivity contribution < 1.29 is 27.5 Å². The number of hydrogen-bond donors (Lipinski definition) is 2. The third kappa shape index (κ3) is 6.04. The van der Waals surface area contributed by atoms with Crippen molar-refractivity contribution in [3.63, 3.8) is 0 Å². The molecule has 2 amide bonds. The van der Waals surface area contributed by atoms with Crippen molar-refractivity contribution in [1.82, 2.24) is 10.2 Å². The van der Waals surface area contributed by atoms with E-state index in [1.54, 1.807) is 24.3 Å². The Morgan fingerprint density at radius 2 is 1.75 bits per heavy atom. The molecule has 0 bridgehead atoms. The minimum Gasteiger partial charge on any atom is -0.453 e. The van der Waals surface area contributed by atoms with Gasteiger partial charge in [0.15, 0.2) is 0 Å². The molecule has 0 saturated carbocycles. The van der Waals surface area contributed by atoms with E-state index in [0.29, 0.717) is 35.5 Å². The first kappa shape index (κ1) is 25.2. The monoisotopic (exact) mass is 497 g/mol. The Morgan fingerprint density at radius 1 is 1.00 bits per heavy atom. The van der Waals surface area contributed by atoms with Crippen LogP contribution in [-0.2, 0) is 23.9 Å². The molecule has 0 aromatic heterocycles. The number of nitrogens with one attached hydrogen (secondary N) is 2. The number of ether oxygens (including phenoxy) is 1. The van der Waals surface area contributed by atoms with E-state index >= 15 is 0 Å². The van der Waals surface area contributed by atoms with Crippen molar-refractivity contribution in [2.24, 2.45) is 0 Å². The Hall–Kier alpha value is -3.85. The number of carbonyl (C=O) groups is 2. The molecule has 1 aliphatic heterocycles. The van der Waals surface area contributed by atoms with Crippen LogP contribution in [0.2, 0.25) is 0 Å². The number of fused-ring (bicyclic) bond motifs is 1. The van der Waals surface area contributed by atoms with Gasteiger partial charge in [0.1, 0.15) is 0 Å². The van der Waals surface area contributed by atoms with Crippen LogP contribution in [0.4, 0.5) is 23.7 Å². The maximum Gasteiger partial charge on any atom is 0.416 e. The van der Waals surface area contributed by atoms with Crippen LogP contribution in [0.1, 0.15) is 27.0 Å². The Labute approximate surface area is 207 Å². The Balaban J connectivity index is 1.44. The van der Waals surface area contributed by atoms with Crippen LogP contribution in [-0.4, -0.2) is 43.6 Å².